The minimum atomic E-state index is -4.64. The van der Waals surface area contributed by atoms with E-state index in [1.807, 2.05) is 0 Å². The van der Waals surface area contributed by atoms with Gasteiger partial charge in [-0.1, -0.05) is 63.5 Å². The Hall–Kier alpha value is -2.03. The van der Waals surface area contributed by atoms with Gasteiger partial charge in [0.25, 0.3) is 0 Å². The lowest BCUT2D eigenvalue weighted by atomic mass is 9.76. The summed E-state index contributed by atoms with van der Waals surface area (Å²) in [5.41, 5.74) is 1.12. The largest absolute Gasteiger partial charge is 0.573 e. The van der Waals surface area contributed by atoms with Crippen molar-refractivity contribution in [3.8, 4) is 11.8 Å². The van der Waals surface area contributed by atoms with Crippen LogP contribution in [0.3, 0.4) is 0 Å². The molecular weight excluding hydrogens is 442 g/mol. The molecule has 0 aromatic heterocycles. The predicted octanol–water partition coefficient (Wildman–Crippen LogP) is 9.38. The molecule has 1 aromatic rings. The molecule has 1 aromatic carbocycles. The summed E-state index contributed by atoms with van der Waals surface area (Å²) in [6, 6.07) is 7.95. The summed E-state index contributed by atoms with van der Waals surface area (Å²) in [4.78, 5) is 0. The summed E-state index contributed by atoms with van der Waals surface area (Å²) in [5, 5.41) is 8.46. The monoisotopic (exact) mass is 479 g/mol. The van der Waals surface area contributed by atoms with Gasteiger partial charge in [-0.15, -0.1) is 13.2 Å². The smallest absolute Gasteiger partial charge is 0.406 e. The number of rotatable bonds is 10. The minimum Gasteiger partial charge on any atom is -0.406 e. The Morgan fingerprint density at radius 2 is 1.35 bits per heavy atom. The number of ether oxygens (including phenoxy) is 1. The molecule has 0 aliphatic heterocycles. The molecule has 0 heterocycles. The fraction of sp³-hybridized carbons (Fsp3) is 0.679. The van der Waals surface area contributed by atoms with E-state index in [-0.39, 0.29) is 5.75 Å². The molecule has 2 aliphatic rings. The molecule has 2 fully saturated rings. The second kappa shape index (κ2) is 13.2. The van der Waals surface area contributed by atoms with E-state index in [0.717, 1.165) is 36.7 Å². The Morgan fingerprint density at radius 3 is 1.85 bits per heavy atom. The van der Waals surface area contributed by atoms with E-state index < -0.39 is 12.2 Å². The Kier molecular flexibility index (Phi) is 10.3. The van der Waals surface area contributed by atoms with Crippen LogP contribution in [0.1, 0.15) is 101 Å². The molecule has 0 amide bonds. The molecule has 3 rings (SSSR count). The van der Waals surface area contributed by atoms with Crippen LogP contribution < -0.4 is 4.74 Å². The zero-order valence-corrected chi connectivity index (χ0v) is 20.0. The van der Waals surface area contributed by atoms with Gasteiger partial charge in [-0.25, -0.2) is 0 Å². The van der Waals surface area contributed by atoms with Gasteiger partial charge in [0.1, 0.15) is 11.8 Å². The molecule has 188 valence electrons. The van der Waals surface area contributed by atoms with Crippen LogP contribution in [-0.4, -0.2) is 6.36 Å². The van der Waals surface area contributed by atoms with Crippen molar-refractivity contribution >= 4 is 0 Å². The van der Waals surface area contributed by atoms with E-state index in [0.29, 0.717) is 18.3 Å². The van der Waals surface area contributed by atoms with E-state index in [9.17, 15) is 17.6 Å². The average Bonchev–Trinajstić information content (AvgIpc) is 2.82. The first-order chi connectivity index (χ1) is 16.3. The highest BCUT2D eigenvalue weighted by atomic mass is 19.4. The van der Waals surface area contributed by atoms with Crippen molar-refractivity contribution < 1.29 is 22.3 Å². The van der Waals surface area contributed by atoms with Crippen molar-refractivity contribution in [2.45, 2.75) is 102 Å². The topological polar surface area (TPSA) is 33.0 Å². The molecular formula is C28H37F4NO. The standard InChI is InChI=1S/C28H37F4NO/c29-26(20-33)7-3-6-23-10-8-21(9-11-23)4-1-2-5-22-12-14-24(15-13-22)25-16-18-27(19-17-25)34-28(30,31)32/h7,16-19,21-24H,1-6,8-15H2/b26-7-/t21-,22-,23-,24-. The van der Waals surface area contributed by atoms with E-state index in [1.165, 1.54) is 88.5 Å². The lowest BCUT2D eigenvalue weighted by Crippen LogP contribution is -2.17. The third kappa shape index (κ3) is 9.31. The molecule has 0 atom stereocenters. The Labute approximate surface area is 201 Å². The van der Waals surface area contributed by atoms with Gasteiger partial charge in [-0.05, 0) is 86.0 Å². The van der Waals surface area contributed by atoms with Crippen LogP contribution in [0.25, 0.3) is 0 Å². The van der Waals surface area contributed by atoms with Gasteiger partial charge in [0.2, 0.25) is 0 Å². The molecule has 0 saturated heterocycles. The van der Waals surface area contributed by atoms with Crippen LogP contribution in [-0.2, 0) is 0 Å². The molecule has 2 nitrogen and oxygen atoms in total. The van der Waals surface area contributed by atoms with Gasteiger partial charge in [0, 0.05) is 0 Å². The highest BCUT2D eigenvalue weighted by Crippen LogP contribution is 2.39. The summed E-state index contributed by atoms with van der Waals surface area (Å²) in [5.74, 6) is 1.93. The van der Waals surface area contributed by atoms with Gasteiger partial charge in [-0.2, -0.15) is 9.65 Å². The fourth-order valence-electron chi connectivity index (χ4n) is 5.89. The Bertz CT molecular complexity index is 795. The Morgan fingerprint density at radius 1 is 0.853 bits per heavy atom. The average molecular weight is 480 g/mol. The summed E-state index contributed by atoms with van der Waals surface area (Å²) < 4.78 is 53.8. The number of halogens is 4. The highest BCUT2D eigenvalue weighted by Gasteiger charge is 2.31. The van der Waals surface area contributed by atoms with Crippen molar-refractivity contribution in [1.82, 2.24) is 0 Å². The zero-order valence-electron chi connectivity index (χ0n) is 20.0. The number of unbranched alkanes of at least 4 members (excludes halogenated alkanes) is 1. The van der Waals surface area contributed by atoms with E-state index in [1.54, 1.807) is 12.1 Å². The molecule has 0 spiro atoms. The van der Waals surface area contributed by atoms with Crippen LogP contribution >= 0.6 is 0 Å². The predicted molar refractivity (Wildman–Crippen MR) is 126 cm³/mol. The Balaban J connectivity index is 1.25. The molecule has 34 heavy (non-hydrogen) atoms. The summed E-state index contributed by atoms with van der Waals surface area (Å²) in [6.45, 7) is 0. The van der Waals surface area contributed by atoms with Gasteiger partial charge < -0.3 is 4.74 Å². The van der Waals surface area contributed by atoms with Crippen molar-refractivity contribution in [2.24, 2.45) is 17.8 Å². The van der Waals surface area contributed by atoms with Gasteiger partial charge >= 0.3 is 6.36 Å². The van der Waals surface area contributed by atoms with Crippen molar-refractivity contribution in [1.29, 1.82) is 5.26 Å². The maximum atomic E-state index is 12.9. The maximum absolute atomic E-state index is 12.9. The van der Waals surface area contributed by atoms with Crippen molar-refractivity contribution in [3.05, 3.63) is 41.7 Å². The molecule has 0 N–H and O–H groups in total. The molecule has 0 radical (unpaired) electrons. The number of nitriles is 1. The first-order valence-corrected chi connectivity index (χ1v) is 12.9. The van der Waals surface area contributed by atoms with Crippen molar-refractivity contribution in [3.63, 3.8) is 0 Å². The van der Waals surface area contributed by atoms with Crippen LogP contribution in [0.4, 0.5) is 17.6 Å². The molecule has 0 unspecified atom stereocenters. The van der Waals surface area contributed by atoms with E-state index >= 15 is 0 Å². The highest BCUT2D eigenvalue weighted by molar-refractivity contribution is 5.29. The SMILES string of the molecule is N#C/C(F)=C/CC[C@H]1CC[C@H](CCCC[C@H]2CC[C@H](c3ccc(OC(F)(F)F)cc3)CC2)CC1. The lowest BCUT2D eigenvalue weighted by Gasteiger charge is -2.30. The summed E-state index contributed by atoms with van der Waals surface area (Å²) >= 11 is 0. The number of allylic oxidation sites excluding steroid dienone is 2. The molecule has 0 bridgehead atoms. The number of hydrogen-bond acceptors (Lipinski definition) is 2. The molecule has 2 saturated carbocycles. The number of nitrogens with zero attached hydrogens (tertiary/aromatic N) is 1. The fourth-order valence-corrected chi connectivity index (χ4v) is 5.89. The summed E-state index contributed by atoms with van der Waals surface area (Å²) in [6.07, 6.45) is 13.3. The molecule has 6 heteroatoms. The number of alkyl halides is 3. The van der Waals surface area contributed by atoms with Crippen LogP contribution in [0.2, 0.25) is 0 Å². The lowest BCUT2D eigenvalue weighted by molar-refractivity contribution is -0.274. The number of benzene rings is 1. The van der Waals surface area contributed by atoms with Gasteiger partial charge in [-0.3, -0.25) is 0 Å². The minimum absolute atomic E-state index is 0.151. The van der Waals surface area contributed by atoms with Gasteiger partial charge in [0.15, 0.2) is 5.83 Å². The second-order valence-corrected chi connectivity index (χ2v) is 10.2. The maximum Gasteiger partial charge on any atom is 0.573 e. The van der Waals surface area contributed by atoms with E-state index in [4.69, 9.17) is 5.26 Å². The normalized spacial score (nSPS) is 26.1. The zero-order chi connectivity index (χ0) is 24.4. The first-order valence-electron chi connectivity index (χ1n) is 12.9. The first kappa shape index (κ1) is 26.6. The van der Waals surface area contributed by atoms with Crippen molar-refractivity contribution in [2.75, 3.05) is 0 Å². The number of hydrogen-bond donors (Lipinski definition) is 0. The molecule has 2 aliphatic carbocycles. The third-order valence-electron chi connectivity index (χ3n) is 7.88. The van der Waals surface area contributed by atoms with Crippen LogP contribution in [0.5, 0.6) is 5.75 Å². The summed E-state index contributed by atoms with van der Waals surface area (Å²) in [7, 11) is 0. The van der Waals surface area contributed by atoms with Crippen LogP contribution in [0.15, 0.2) is 36.2 Å². The quantitative estimate of drug-likeness (QED) is 0.190. The second-order valence-electron chi connectivity index (χ2n) is 10.2. The van der Waals surface area contributed by atoms with Crippen LogP contribution in [0, 0.1) is 29.1 Å². The van der Waals surface area contributed by atoms with Gasteiger partial charge in [0.05, 0.1) is 0 Å². The van der Waals surface area contributed by atoms with E-state index in [2.05, 4.69) is 4.74 Å². The third-order valence-corrected chi connectivity index (χ3v) is 7.88.